The fraction of sp³-hybridized carbons (Fsp3) is 0.200. The summed E-state index contributed by atoms with van der Waals surface area (Å²) in [6, 6.07) is 6.22. The number of H-pyrrole nitrogens is 1. The Bertz CT molecular complexity index is 437. The van der Waals surface area contributed by atoms with Crippen molar-refractivity contribution in [3.8, 4) is 0 Å². The van der Waals surface area contributed by atoms with Crippen molar-refractivity contribution in [2.45, 2.75) is 13.0 Å². The minimum Gasteiger partial charge on any atom is -0.361 e. The highest BCUT2D eigenvalue weighted by Gasteiger charge is 2.06. The van der Waals surface area contributed by atoms with Gasteiger partial charge < -0.3 is 10.7 Å². The predicted octanol–water partition coefficient (Wildman–Crippen LogP) is 3.37. The number of fused-ring (bicyclic) bond motifs is 1. The van der Waals surface area contributed by atoms with Crippen molar-refractivity contribution < 1.29 is 0 Å². The molecule has 0 amide bonds. The Morgan fingerprint density at radius 1 is 1.43 bits per heavy atom. The van der Waals surface area contributed by atoms with Crippen molar-refractivity contribution >= 4 is 39.2 Å². The van der Waals surface area contributed by atoms with E-state index in [0.717, 1.165) is 15.6 Å². The lowest BCUT2D eigenvalue weighted by Gasteiger charge is -2.02. The van der Waals surface area contributed by atoms with E-state index < -0.39 is 0 Å². The van der Waals surface area contributed by atoms with Gasteiger partial charge in [-0.05, 0) is 30.7 Å². The van der Waals surface area contributed by atoms with E-state index in [1.807, 2.05) is 25.3 Å². The molecule has 0 bridgehead atoms. The van der Waals surface area contributed by atoms with E-state index in [9.17, 15) is 0 Å². The van der Waals surface area contributed by atoms with Crippen LogP contribution in [0.25, 0.3) is 10.9 Å². The fourth-order valence-corrected chi connectivity index (χ4v) is 1.85. The normalized spacial score (nSPS) is 12.5. The molecule has 0 radical (unpaired) electrons. The second kappa shape index (κ2) is 4.34. The minimum absolute atomic E-state index is 0. The maximum absolute atomic E-state index is 5.84. The lowest BCUT2D eigenvalue weighted by molar-refractivity contribution is 0.826. The van der Waals surface area contributed by atoms with Crippen molar-refractivity contribution in [1.29, 1.82) is 0 Å². The molecule has 0 unspecified atom stereocenters. The van der Waals surface area contributed by atoms with Gasteiger partial charge in [-0.1, -0.05) is 15.9 Å². The number of nitrogens with two attached hydrogens (primary N) is 1. The molecule has 0 fully saturated rings. The molecule has 76 valence electrons. The molecule has 1 aromatic heterocycles. The third-order valence-electron chi connectivity index (χ3n) is 2.17. The van der Waals surface area contributed by atoms with Crippen molar-refractivity contribution in [2.75, 3.05) is 0 Å². The highest BCUT2D eigenvalue weighted by atomic mass is 79.9. The Kier molecular flexibility index (Phi) is 3.59. The topological polar surface area (TPSA) is 41.8 Å². The average Bonchev–Trinajstić information content (AvgIpc) is 2.46. The van der Waals surface area contributed by atoms with E-state index >= 15 is 0 Å². The Balaban J connectivity index is 0.000000980. The van der Waals surface area contributed by atoms with Crippen LogP contribution in [0.15, 0.2) is 28.9 Å². The van der Waals surface area contributed by atoms with Crippen LogP contribution in [0.1, 0.15) is 18.5 Å². The van der Waals surface area contributed by atoms with Crippen LogP contribution in [-0.2, 0) is 0 Å². The van der Waals surface area contributed by atoms with Crippen molar-refractivity contribution in [3.05, 3.63) is 34.4 Å². The molecule has 0 aliphatic heterocycles. The average molecular weight is 276 g/mol. The van der Waals surface area contributed by atoms with E-state index in [1.165, 1.54) is 5.39 Å². The van der Waals surface area contributed by atoms with Crippen LogP contribution in [0.2, 0.25) is 0 Å². The number of hydrogen-bond donors (Lipinski definition) is 2. The Morgan fingerprint density at radius 3 is 2.79 bits per heavy atom. The molecule has 0 aliphatic rings. The monoisotopic (exact) mass is 274 g/mol. The first-order valence-electron chi connectivity index (χ1n) is 4.20. The fourth-order valence-electron chi connectivity index (χ4n) is 1.49. The quantitative estimate of drug-likeness (QED) is 0.823. The van der Waals surface area contributed by atoms with Crippen LogP contribution >= 0.6 is 28.3 Å². The summed E-state index contributed by atoms with van der Waals surface area (Å²) in [6.07, 6.45) is 1.97. The Labute approximate surface area is 97.4 Å². The predicted molar refractivity (Wildman–Crippen MR) is 65.8 cm³/mol. The molecule has 1 heterocycles. The smallest absolute Gasteiger partial charge is 0.0458 e. The zero-order chi connectivity index (χ0) is 9.42. The van der Waals surface area contributed by atoms with Crippen LogP contribution in [0.4, 0.5) is 0 Å². The van der Waals surface area contributed by atoms with Crippen LogP contribution in [0.5, 0.6) is 0 Å². The van der Waals surface area contributed by atoms with Gasteiger partial charge >= 0.3 is 0 Å². The third-order valence-corrected chi connectivity index (χ3v) is 2.66. The summed E-state index contributed by atoms with van der Waals surface area (Å²) in [4.78, 5) is 3.20. The van der Waals surface area contributed by atoms with Crippen LogP contribution in [0.3, 0.4) is 0 Å². The molecular formula is C10H12BrClN2. The van der Waals surface area contributed by atoms with Crippen LogP contribution in [-0.4, -0.2) is 4.98 Å². The molecule has 0 spiro atoms. The number of rotatable bonds is 1. The summed E-state index contributed by atoms with van der Waals surface area (Å²) in [7, 11) is 0. The summed E-state index contributed by atoms with van der Waals surface area (Å²) < 4.78 is 1.08. The maximum atomic E-state index is 5.84. The number of aromatic amines is 1. The number of aromatic nitrogens is 1. The molecule has 3 N–H and O–H groups in total. The first-order valence-corrected chi connectivity index (χ1v) is 5.00. The van der Waals surface area contributed by atoms with Gasteiger partial charge in [-0.3, -0.25) is 0 Å². The Morgan fingerprint density at radius 2 is 2.14 bits per heavy atom. The third kappa shape index (κ3) is 1.95. The molecule has 0 aliphatic carbocycles. The van der Waals surface area contributed by atoms with Crippen LogP contribution < -0.4 is 5.73 Å². The van der Waals surface area contributed by atoms with Gasteiger partial charge in [0, 0.05) is 27.6 Å². The van der Waals surface area contributed by atoms with Gasteiger partial charge in [-0.25, -0.2) is 0 Å². The van der Waals surface area contributed by atoms with Gasteiger partial charge in [-0.15, -0.1) is 12.4 Å². The number of halogens is 2. The number of nitrogens with one attached hydrogen (secondary N) is 1. The second-order valence-corrected chi connectivity index (χ2v) is 4.14. The zero-order valence-corrected chi connectivity index (χ0v) is 10.2. The molecular weight excluding hydrogens is 263 g/mol. The van der Waals surface area contributed by atoms with Gasteiger partial charge in [0.25, 0.3) is 0 Å². The van der Waals surface area contributed by atoms with Crippen molar-refractivity contribution in [1.82, 2.24) is 4.98 Å². The molecule has 1 aromatic carbocycles. The molecule has 2 nitrogen and oxygen atoms in total. The summed E-state index contributed by atoms with van der Waals surface area (Å²) in [6.45, 7) is 1.99. The highest BCUT2D eigenvalue weighted by Crippen LogP contribution is 2.25. The molecule has 4 heteroatoms. The van der Waals surface area contributed by atoms with Gasteiger partial charge in [0.1, 0.15) is 0 Å². The van der Waals surface area contributed by atoms with Gasteiger partial charge in [0.15, 0.2) is 0 Å². The summed E-state index contributed by atoms with van der Waals surface area (Å²) in [5.41, 5.74) is 8.14. The maximum Gasteiger partial charge on any atom is 0.0458 e. The van der Waals surface area contributed by atoms with E-state index in [-0.39, 0.29) is 18.4 Å². The molecule has 2 rings (SSSR count). The number of benzene rings is 1. The Hall–Kier alpha value is -0.510. The van der Waals surface area contributed by atoms with Gasteiger partial charge in [-0.2, -0.15) is 0 Å². The van der Waals surface area contributed by atoms with Crippen molar-refractivity contribution in [2.24, 2.45) is 5.73 Å². The van der Waals surface area contributed by atoms with E-state index in [2.05, 4.69) is 27.0 Å². The highest BCUT2D eigenvalue weighted by molar-refractivity contribution is 9.10. The standard InChI is InChI=1S/C10H11BrN2.ClH/c1-6(12)9-5-13-10-3-2-7(11)4-8(9)10;/h2-6,13H,12H2,1H3;1H/t6-;/m1./s1. The van der Waals surface area contributed by atoms with Crippen molar-refractivity contribution in [3.63, 3.8) is 0 Å². The molecule has 14 heavy (non-hydrogen) atoms. The summed E-state index contributed by atoms with van der Waals surface area (Å²) in [5, 5.41) is 1.20. The summed E-state index contributed by atoms with van der Waals surface area (Å²) in [5.74, 6) is 0. The molecule has 0 saturated carbocycles. The largest absolute Gasteiger partial charge is 0.361 e. The van der Waals surface area contributed by atoms with E-state index in [0.29, 0.717) is 0 Å². The lowest BCUT2D eigenvalue weighted by atomic mass is 10.1. The molecule has 2 aromatic rings. The minimum atomic E-state index is 0. The lowest BCUT2D eigenvalue weighted by Crippen LogP contribution is -2.03. The van der Waals surface area contributed by atoms with Gasteiger partial charge in [0.2, 0.25) is 0 Å². The number of hydrogen-bond acceptors (Lipinski definition) is 1. The molecule has 1 atom stereocenters. The zero-order valence-electron chi connectivity index (χ0n) is 7.75. The first-order chi connectivity index (χ1) is 6.18. The summed E-state index contributed by atoms with van der Waals surface area (Å²) >= 11 is 3.45. The SMILES string of the molecule is C[C@@H](N)c1c[nH]c2ccc(Br)cc12.Cl. The first kappa shape index (κ1) is 11.6. The molecule has 0 saturated heterocycles. The van der Waals surface area contributed by atoms with E-state index in [1.54, 1.807) is 0 Å². The van der Waals surface area contributed by atoms with Gasteiger partial charge in [0.05, 0.1) is 0 Å². The van der Waals surface area contributed by atoms with Crippen LogP contribution in [0, 0.1) is 0 Å². The second-order valence-electron chi connectivity index (χ2n) is 3.22. The van der Waals surface area contributed by atoms with E-state index in [4.69, 9.17) is 5.73 Å².